The van der Waals surface area contributed by atoms with Crippen molar-refractivity contribution in [2.75, 3.05) is 0 Å². The molecular weight excluding hydrogens is 136 g/mol. The molecule has 0 radical (unpaired) electrons. The molecule has 1 rings (SSSR count). The lowest BCUT2D eigenvalue weighted by Gasteiger charge is -2.07. The van der Waals surface area contributed by atoms with Crippen LogP contribution in [0.15, 0.2) is 0 Å². The number of ether oxygens (including phenoxy) is 1. The van der Waals surface area contributed by atoms with Gasteiger partial charge in [0, 0.05) is 5.92 Å². The fourth-order valence-electron chi connectivity index (χ4n) is 0.975. The highest BCUT2D eigenvalue weighted by atomic mass is 16.6. The average molecular weight is 146 g/mol. The van der Waals surface area contributed by atoms with Crippen LogP contribution in [0.1, 0.15) is 6.92 Å². The van der Waals surface area contributed by atoms with Gasteiger partial charge in [0.15, 0.2) is 6.29 Å². The Morgan fingerprint density at radius 1 is 1.50 bits per heavy atom. The average Bonchev–Trinajstić information content (AvgIpc) is 2.17. The maximum atomic E-state index is 10.2. The van der Waals surface area contributed by atoms with E-state index in [0.717, 1.165) is 0 Å². The molecule has 4 atom stereocenters. The van der Waals surface area contributed by atoms with Gasteiger partial charge in [-0.3, -0.25) is 0 Å². The number of hydrogen-bond acceptors (Lipinski definition) is 4. The molecule has 1 aliphatic heterocycles. The Kier molecular flexibility index (Phi) is 2.03. The Morgan fingerprint density at radius 3 is 2.30 bits per heavy atom. The topological polar surface area (TPSA) is 66.8 Å². The molecule has 58 valence electrons. The summed E-state index contributed by atoms with van der Waals surface area (Å²) in [4.78, 5) is 10.2. The number of aliphatic hydroxyl groups is 2. The second-order valence-electron chi connectivity index (χ2n) is 2.48. The van der Waals surface area contributed by atoms with Gasteiger partial charge in [0.2, 0.25) is 0 Å². The van der Waals surface area contributed by atoms with Gasteiger partial charge in [-0.25, -0.2) is 0 Å². The third kappa shape index (κ3) is 1.05. The summed E-state index contributed by atoms with van der Waals surface area (Å²) in [7, 11) is 0. The number of hydrogen-bond donors (Lipinski definition) is 2. The summed E-state index contributed by atoms with van der Waals surface area (Å²) >= 11 is 0. The molecule has 0 aromatic carbocycles. The highest BCUT2D eigenvalue weighted by molar-refractivity contribution is 5.57. The molecule has 1 heterocycles. The van der Waals surface area contributed by atoms with Gasteiger partial charge in [0.05, 0.1) is 0 Å². The lowest BCUT2D eigenvalue weighted by atomic mass is 10.0. The molecule has 4 nitrogen and oxygen atoms in total. The van der Waals surface area contributed by atoms with Crippen molar-refractivity contribution >= 4 is 6.29 Å². The molecule has 2 N–H and O–H groups in total. The van der Waals surface area contributed by atoms with Gasteiger partial charge in [-0.15, -0.1) is 0 Å². The van der Waals surface area contributed by atoms with Crippen molar-refractivity contribution in [1.82, 2.24) is 0 Å². The van der Waals surface area contributed by atoms with E-state index in [1.807, 2.05) is 0 Å². The van der Waals surface area contributed by atoms with Crippen LogP contribution in [0.3, 0.4) is 0 Å². The van der Waals surface area contributed by atoms with Gasteiger partial charge < -0.3 is 19.7 Å². The molecule has 0 bridgehead atoms. The van der Waals surface area contributed by atoms with Gasteiger partial charge >= 0.3 is 0 Å². The van der Waals surface area contributed by atoms with Crippen molar-refractivity contribution in [3.05, 3.63) is 0 Å². The van der Waals surface area contributed by atoms with Gasteiger partial charge in [-0.2, -0.15) is 0 Å². The molecule has 4 heteroatoms. The van der Waals surface area contributed by atoms with Crippen molar-refractivity contribution in [1.29, 1.82) is 0 Å². The first-order valence-corrected chi connectivity index (χ1v) is 3.13. The minimum Gasteiger partial charge on any atom is -0.387 e. The van der Waals surface area contributed by atoms with E-state index >= 15 is 0 Å². The van der Waals surface area contributed by atoms with E-state index < -0.39 is 18.5 Å². The number of aliphatic hydroxyl groups excluding tert-OH is 2. The second kappa shape index (κ2) is 2.65. The Hall–Kier alpha value is -0.450. The van der Waals surface area contributed by atoms with Gasteiger partial charge in [0.25, 0.3) is 0 Å². The smallest absolute Gasteiger partial charge is 0.182 e. The summed E-state index contributed by atoms with van der Waals surface area (Å²) in [5.41, 5.74) is 0. The zero-order valence-electron chi connectivity index (χ0n) is 5.60. The Bertz CT molecular complexity index is 136. The van der Waals surface area contributed by atoms with E-state index in [1.54, 1.807) is 6.92 Å². The van der Waals surface area contributed by atoms with Crippen LogP contribution in [0.4, 0.5) is 0 Å². The number of aldehydes is 1. The molecule has 4 unspecified atom stereocenters. The monoisotopic (exact) mass is 146 g/mol. The van der Waals surface area contributed by atoms with E-state index in [2.05, 4.69) is 4.74 Å². The maximum absolute atomic E-state index is 10.2. The van der Waals surface area contributed by atoms with Gasteiger partial charge in [-0.05, 0) is 0 Å². The predicted octanol–water partition coefficient (Wildman–Crippen LogP) is -1.10. The van der Waals surface area contributed by atoms with Crippen molar-refractivity contribution in [3.8, 4) is 0 Å². The van der Waals surface area contributed by atoms with Gasteiger partial charge in [-0.1, -0.05) is 6.92 Å². The molecule has 0 aliphatic carbocycles. The SMILES string of the molecule is CC1C(C=O)OC(O)C1O. The third-order valence-electron chi connectivity index (χ3n) is 1.78. The minimum atomic E-state index is -1.20. The normalized spacial score (nSPS) is 47.5. The number of carbonyl (C=O) groups is 1. The molecule has 0 amide bonds. The minimum absolute atomic E-state index is 0.313. The zero-order valence-corrected chi connectivity index (χ0v) is 5.60. The first-order valence-electron chi connectivity index (χ1n) is 3.13. The van der Waals surface area contributed by atoms with Crippen LogP contribution in [-0.4, -0.2) is 35.0 Å². The quantitative estimate of drug-likeness (QED) is 0.461. The van der Waals surface area contributed by atoms with Gasteiger partial charge in [0.1, 0.15) is 18.5 Å². The van der Waals surface area contributed by atoms with Crippen molar-refractivity contribution in [2.24, 2.45) is 5.92 Å². The highest BCUT2D eigenvalue weighted by Gasteiger charge is 2.39. The predicted molar refractivity (Wildman–Crippen MR) is 32.1 cm³/mol. The second-order valence-corrected chi connectivity index (χ2v) is 2.48. The first kappa shape index (κ1) is 7.65. The maximum Gasteiger partial charge on any atom is 0.182 e. The summed E-state index contributed by atoms with van der Waals surface area (Å²) in [6, 6.07) is 0. The van der Waals surface area contributed by atoms with Crippen LogP contribution >= 0.6 is 0 Å². The van der Waals surface area contributed by atoms with Crippen molar-refractivity contribution in [3.63, 3.8) is 0 Å². The number of rotatable bonds is 1. The zero-order chi connectivity index (χ0) is 7.72. The Morgan fingerprint density at radius 2 is 2.10 bits per heavy atom. The van der Waals surface area contributed by atoms with E-state index in [1.165, 1.54) is 0 Å². The molecule has 0 aromatic rings. The molecule has 1 saturated heterocycles. The van der Waals surface area contributed by atoms with E-state index in [9.17, 15) is 4.79 Å². The van der Waals surface area contributed by atoms with Crippen LogP contribution < -0.4 is 0 Å². The Balaban J connectivity index is 2.61. The Labute approximate surface area is 58.4 Å². The fraction of sp³-hybridized carbons (Fsp3) is 0.833. The highest BCUT2D eigenvalue weighted by Crippen LogP contribution is 2.23. The summed E-state index contributed by atoms with van der Waals surface area (Å²) < 4.78 is 4.67. The molecule has 1 aliphatic rings. The largest absolute Gasteiger partial charge is 0.387 e. The van der Waals surface area contributed by atoms with E-state index in [4.69, 9.17) is 10.2 Å². The molecule has 10 heavy (non-hydrogen) atoms. The standard InChI is InChI=1S/C6H10O4/c1-3-4(2-7)10-6(9)5(3)8/h2-6,8-9H,1H3. The van der Waals surface area contributed by atoms with E-state index in [0.29, 0.717) is 6.29 Å². The molecule has 1 fully saturated rings. The lowest BCUT2D eigenvalue weighted by Crippen LogP contribution is -2.25. The van der Waals surface area contributed by atoms with Crippen molar-refractivity contribution in [2.45, 2.75) is 25.4 Å². The lowest BCUT2D eigenvalue weighted by molar-refractivity contribution is -0.140. The summed E-state index contributed by atoms with van der Waals surface area (Å²) in [5.74, 6) is -0.313. The molecule has 0 spiro atoms. The van der Waals surface area contributed by atoms with E-state index in [-0.39, 0.29) is 5.92 Å². The van der Waals surface area contributed by atoms with Crippen LogP contribution in [-0.2, 0) is 9.53 Å². The van der Waals surface area contributed by atoms with Crippen LogP contribution in [0, 0.1) is 5.92 Å². The van der Waals surface area contributed by atoms with Crippen molar-refractivity contribution < 1.29 is 19.7 Å². The third-order valence-corrected chi connectivity index (χ3v) is 1.78. The van der Waals surface area contributed by atoms with Crippen LogP contribution in [0.2, 0.25) is 0 Å². The molecular formula is C6H10O4. The summed E-state index contributed by atoms with van der Waals surface area (Å²) in [5, 5.41) is 17.9. The van der Waals surface area contributed by atoms with Crippen LogP contribution in [0.25, 0.3) is 0 Å². The summed E-state index contributed by atoms with van der Waals surface area (Å²) in [6.07, 6.45) is -2.21. The summed E-state index contributed by atoms with van der Waals surface area (Å²) in [6.45, 7) is 1.65. The van der Waals surface area contributed by atoms with Crippen LogP contribution in [0.5, 0.6) is 0 Å². The first-order chi connectivity index (χ1) is 4.66. The fourth-order valence-corrected chi connectivity index (χ4v) is 0.975. The molecule has 0 aromatic heterocycles. The molecule has 0 saturated carbocycles. The number of carbonyl (C=O) groups excluding carboxylic acids is 1.